The molecule has 0 saturated heterocycles. The van der Waals surface area contributed by atoms with E-state index in [2.05, 4.69) is 0 Å². The number of rotatable bonds is 10. The van der Waals surface area contributed by atoms with Crippen LogP contribution in [-0.2, 0) is 13.2 Å². The van der Waals surface area contributed by atoms with Crippen LogP contribution in [0.5, 0.6) is 11.5 Å². The number of aromatic carboxylic acids is 2. The van der Waals surface area contributed by atoms with Crippen molar-refractivity contribution in [3.05, 3.63) is 94.0 Å². The normalized spacial score (nSPS) is 10.2. The van der Waals surface area contributed by atoms with E-state index in [1.54, 1.807) is 24.3 Å². The minimum atomic E-state index is -1.20. The second-order valence-corrected chi connectivity index (χ2v) is 6.75. The fourth-order valence-corrected chi connectivity index (χ4v) is 2.88. The average Bonchev–Trinajstić information content (AvgIpc) is 2.81. The molecule has 0 spiro atoms. The molecule has 8 nitrogen and oxygen atoms in total. The van der Waals surface area contributed by atoms with Crippen molar-refractivity contribution in [1.29, 1.82) is 0 Å². The third-order valence-electron chi connectivity index (χ3n) is 4.55. The van der Waals surface area contributed by atoms with E-state index >= 15 is 0 Å². The summed E-state index contributed by atoms with van der Waals surface area (Å²) in [7, 11) is 0. The van der Waals surface area contributed by atoms with Crippen LogP contribution in [0, 0.1) is 0 Å². The zero-order chi connectivity index (χ0) is 23.1. The van der Waals surface area contributed by atoms with Gasteiger partial charge in [0.05, 0.1) is 0 Å². The summed E-state index contributed by atoms with van der Waals surface area (Å²) in [5.74, 6) is -2.10. The molecule has 0 saturated carbocycles. The number of carboxylic acid groups (broad SMARTS) is 2. The number of aldehydes is 2. The van der Waals surface area contributed by atoms with Gasteiger partial charge in [0.15, 0.2) is 0 Å². The van der Waals surface area contributed by atoms with Crippen molar-refractivity contribution in [2.24, 2.45) is 0 Å². The van der Waals surface area contributed by atoms with Crippen molar-refractivity contribution in [3.8, 4) is 11.5 Å². The first-order chi connectivity index (χ1) is 15.4. The molecule has 2 N–H and O–H groups in total. The van der Waals surface area contributed by atoms with Crippen molar-refractivity contribution in [1.82, 2.24) is 0 Å². The third-order valence-corrected chi connectivity index (χ3v) is 4.55. The van der Waals surface area contributed by atoms with Crippen molar-refractivity contribution >= 4 is 24.5 Å². The largest absolute Gasteiger partial charge is 0.488 e. The number of carbonyl (C=O) groups excluding carboxylic acids is 2. The Labute approximate surface area is 182 Å². The summed E-state index contributed by atoms with van der Waals surface area (Å²) in [5.41, 5.74) is 1.82. The number of benzene rings is 3. The number of hydrogen-bond acceptors (Lipinski definition) is 6. The van der Waals surface area contributed by atoms with Gasteiger partial charge in [-0.05, 0) is 47.5 Å². The zero-order valence-electron chi connectivity index (χ0n) is 16.7. The number of ether oxygens (including phenoxy) is 2. The minimum Gasteiger partial charge on any atom is -0.488 e. The topological polar surface area (TPSA) is 127 Å². The summed E-state index contributed by atoms with van der Waals surface area (Å²) in [6.45, 7) is 0.219. The summed E-state index contributed by atoms with van der Waals surface area (Å²) in [4.78, 5) is 44.4. The van der Waals surface area contributed by atoms with Crippen LogP contribution in [0.15, 0.2) is 60.7 Å². The van der Waals surface area contributed by atoms with Gasteiger partial charge in [0.1, 0.15) is 48.4 Å². The van der Waals surface area contributed by atoms with Crippen LogP contribution in [0.4, 0.5) is 0 Å². The van der Waals surface area contributed by atoms with E-state index in [1.165, 1.54) is 36.4 Å². The van der Waals surface area contributed by atoms with Gasteiger partial charge in [-0.2, -0.15) is 0 Å². The molecule has 162 valence electrons. The Morgan fingerprint density at radius 1 is 0.656 bits per heavy atom. The molecule has 0 aliphatic heterocycles. The predicted molar refractivity (Wildman–Crippen MR) is 113 cm³/mol. The molecular formula is C24H18O8. The third kappa shape index (κ3) is 5.37. The van der Waals surface area contributed by atoms with Crippen LogP contribution in [0.25, 0.3) is 0 Å². The van der Waals surface area contributed by atoms with Gasteiger partial charge in [-0.25, -0.2) is 9.59 Å². The summed E-state index contributed by atoms with van der Waals surface area (Å²) < 4.78 is 11.2. The second-order valence-electron chi connectivity index (χ2n) is 6.75. The van der Waals surface area contributed by atoms with Gasteiger partial charge in [-0.15, -0.1) is 0 Å². The monoisotopic (exact) mass is 434 g/mol. The van der Waals surface area contributed by atoms with E-state index in [0.717, 1.165) is 11.1 Å². The molecule has 0 radical (unpaired) electrons. The molecule has 0 unspecified atom stereocenters. The van der Waals surface area contributed by atoms with Crippen molar-refractivity contribution in [2.45, 2.75) is 13.2 Å². The van der Waals surface area contributed by atoms with Gasteiger partial charge in [0, 0.05) is 11.1 Å². The molecule has 32 heavy (non-hydrogen) atoms. The first-order valence-electron chi connectivity index (χ1n) is 9.39. The van der Waals surface area contributed by atoms with Gasteiger partial charge in [0.2, 0.25) is 0 Å². The summed E-state index contributed by atoms with van der Waals surface area (Å²) >= 11 is 0. The zero-order valence-corrected chi connectivity index (χ0v) is 16.7. The first-order valence-corrected chi connectivity index (χ1v) is 9.39. The molecule has 3 aromatic rings. The Balaban J connectivity index is 1.64. The van der Waals surface area contributed by atoms with Gasteiger partial charge in [-0.1, -0.05) is 24.3 Å². The lowest BCUT2D eigenvalue weighted by Gasteiger charge is -2.11. The summed E-state index contributed by atoms with van der Waals surface area (Å²) in [6, 6.07) is 15.4. The van der Waals surface area contributed by atoms with Gasteiger partial charge in [0.25, 0.3) is 0 Å². The molecule has 3 rings (SSSR count). The van der Waals surface area contributed by atoms with E-state index in [1.807, 2.05) is 0 Å². The van der Waals surface area contributed by atoms with Crippen LogP contribution in [0.2, 0.25) is 0 Å². The smallest absolute Gasteiger partial charge is 0.339 e. The molecule has 0 fully saturated rings. The highest BCUT2D eigenvalue weighted by atomic mass is 16.5. The number of carboxylic acids is 2. The molecule has 3 aromatic carbocycles. The van der Waals surface area contributed by atoms with Crippen LogP contribution in [0.3, 0.4) is 0 Å². The van der Waals surface area contributed by atoms with Gasteiger partial charge >= 0.3 is 11.9 Å². The molecule has 0 bridgehead atoms. The van der Waals surface area contributed by atoms with Crippen LogP contribution in [0.1, 0.15) is 52.6 Å². The molecule has 0 heterocycles. The van der Waals surface area contributed by atoms with E-state index < -0.39 is 11.9 Å². The lowest BCUT2D eigenvalue weighted by Crippen LogP contribution is -2.05. The van der Waals surface area contributed by atoms with Crippen molar-refractivity contribution in [2.75, 3.05) is 0 Å². The van der Waals surface area contributed by atoms with Crippen LogP contribution < -0.4 is 9.47 Å². The fraction of sp³-hybridized carbons (Fsp3) is 0.0833. The first kappa shape index (κ1) is 22.2. The SMILES string of the molecule is O=Cc1ccc(OCc2ccc(COc3ccc(C=O)cc3C(=O)O)cc2)c(C(=O)O)c1. The predicted octanol–water partition coefficient (Wildman–Crippen LogP) is 3.87. The molecule has 0 amide bonds. The fourth-order valence-electron chi connectivity index (χ4n) is 2.88. The Bertz CT molecular complexity index is 1070. The highest BCUT2D eigenvalue weighted by molar-refractivity contribution is 5.93. The van der Waals surface area contributed by atoms with Gasteiger partial charge in [-0.3, -0.25) is 9.59 Å². The van der Waals surface area contributed by atoms with E-state index in [-0.39, 0.29) is 47.0 Å². The molecule has 0 atom stereocenters. The average molecular weight is 434 g/mol. The maximum absolute atomic E-state index is 11.4. The van der Waals surface area contributed by atoms with Crippen molar-refractivity contribution < 1.29 is 38.9 Å². The molecular weight excluding hydrogens is 416 g/mol. The molecule has 0 aromatic heterocycles. The lowest BCUT2D eigenvalue weighted by atomic mass is 10.1. The number of hydrogen-bond donors (Lipinski definition) is 2. The standard InChI is InChI=1S/C24H18O8/c25-11-17-5-7-21(19(9-17)23(27)28)31-13-15-1-2-16(4-3-15)14-32-22-8-6-18(12-26)10-20(22)24(29)30/h1-12H,13-14H2,(H,27,28)(H,29,30). The Hall–Kier alpha value is -4.46. The molecule has 0 aliphatic carbocycles. The van der Waals surface area contributed by atoms with Gasteiger partial charge < -0.3 is 19.7 Å². The van der Waals surface area contributed by atoms with Crippen LogP contribution in [-0.4, -0.2) is 34.7 Å². The quantitative estimate of drug-likeness (QED) is 0.461. The van der Waals surface area contributed by atoms with Crippen molar-refractivity contribution in [3.63, 3.8) is 0 Å². The van der Waals surface area contributed by atoms with E-state index in [9.17, 15) is 29.4 Å². The van der Waals surface area contributed by atoms with E-state index in [0.29, 0.717) is 12.6 Å². The lowest BCUT2D eigenvalue weighted by molar-refractivity contribution is 0.0680. The highest BCUT2D eigenvalue weighted by Crippen LogP contribution is 2.23. The maximum atomic E-state index is 11.4. The highest BCUT2D eigenvalue weighted by Gasteiger charge is 2.14. The Kier molecular flexibility index (Phi) is 6.97. The molecule has 8 heteroatoms. The number of carbonyl (C=O) groups is 4. The Morgan fingerprint density at radius 2 is 1.03 bits per heavy atom. The molecule has 0 aliphatic rings. The second kappa shape index (κ2) is 10.0. The summed E-state index contributed by atoms with van der Waals surface area (Å²) in [5, 5.41) is 18.6. The maximum Gasteiger partial charge on any atom is 0.339 e. The summed E-state index contributed by atoms with van der Waals surface area (Å²) in [6.07, 6.45) is 1.13. The van der Waals surface area contributed by atoms with Crippen LogP contribution >= 0.6 is 0 Å². The Morgan fingerprint density at radius 3 is 1.34 bits per heavy atom. The minimum absolute atomic E-state index is 0.102. The van der Waals surface area contributed by atoms with E-state index in [4.69, 9.17) is 9.47 Å².